The molecule has 1 aromatic carbocycles. The van der Waals surface area contributed by atoms with Crippen molar-refractivity contribution < 1.29 is 23.1 Å². The normalized spacial score (nSPS) is 18.4. The predicted octanol–water partition coefficient (Wildman–Crippen LogP) is 1.68. The Balaban J connectivity index is 1.52. The summed E-state index contributed by atoms with van der Waals surface area (Å²) in [6.45, 7) is 2.26. The van der Waals surface area contributed by atoms with Crippen molar-refractivity contribution >= 4 is 23.4 Å². The minimum absolute atomic E-state index is 0.0738. The van der Waals surface area contributed by atoms with Crippen molar-refractivity contribution in [1.82, 2.24) is 15.1 Å². The Bertz CT molecular complexity index is 914. The molecule has 0 spiro atoms. The van der Waals surface area contributed by atoms with Crippen LogP contribution in [0.3, 0.4) is 0 Å². The molecule has 10 heteroatoms. The van der Waals surface area contributed by atoms with Gasteiger partial charge in [0.15, 0.2) is 11.6 Å². The molecule has 0 unspecified atom stereocenters. The summed E-state index contributed by atoms with van der Waals surface area (Å²) in [7, 11) is 1.80. The number of hydrogen-bond acceptors (Lipinski definition) is 5. The summed E-state index contributed by atoms with van der Waals surface area (Å²) in [5.41, 5.74) is 1.64. The fourth-order valence-electron chi connectivity index (χ4n) is 3.56. The molecule has 0 radical (unpaired) electrons. The van der Waals surface area contributed by atoms with Crippen molar-refractivity contribution in [2.75, 3.05) is 22.9 Å². The predicted molar refractivity (Wildman–Crippen MR) is 95.8 cm³/mol. The highest BCUT2D eigenvalue weighted by Gasteiger charge is 2.34. The van der Waals surface area contributed by atoms with Gasteiger partial charge in [-0.15, -0.1) is 0 Å². The molecule has 2 aliphatic rings. The summed E-state index contributed by atoms with van der Waals surface area (Å²) in [5.74, 6) is -1.78. The summed E-state index contributed by atoms with van der Waals surface area (Å²) in [6, 6.07) is 2.24. The van der Waals surface area contributed by atoms with E-state index in [1.165, 1.54) is 6.92 Å². The Hall–Kier alpha value is -3.17. The molecule has 1 atom stereocenters. The van der Waals surface area contributed by atoms with E-state index in [4.69, 9.17) is 4.74 Å². The van der Waals surface area contributed by atoms with E-state index in [2.05, 4.69) is 10.4 Å². The van der Waals surface area contributed by atoms with Crippen LogP contribution in [0.1, 0.15) is 18.2 Å². The zero-order valence-electron chi connectivity index (χ0n) is 15.4. The first-order valence-electron chi connectivity index (χ1n) is 8.80. The summed E-state index contributed by atoms with van der Waals surface area (Å²) >= 11 is 0. The zero-order valence-corrected chi connectivity index (χ0v) is 15.4. The van der Waals surface area contributed by atoms with E-state index in [0.29, 0.717) is 13.1 Å². The maximum atomic E-state index is 14.8. The van der Waals surface area contributed by atoms with Crippen LogP contribution in [0.15, 0.2) is 18.3 Å². The van der Waals surface area contributed by atoms with Crippen LogP contribution in [0, 0.1) is 11.6 Å². The van der Waals surface area contributed by atoms with Crippen LogP contribution in [-0.2, 0) is 29.7 Å². The van der Waals surface area contributed by atoms with Crippen molar-refractivity contribution in [3.8, 4) is 0 Å². The number of anilines is 2. The second-order valence-corrected chi connectivity index (χ2v) is 6.94. The summed E-state index contributed by atoms with van der Waals surface area (Å²) in [6.07, 6.45) is 0.539. The smallest absolute Gasteiger partial charge is 0.414 e. The van der Waals surface area contributed by atoms with Crippen LogP contribution in [0.5, 0.6) is 0 Å². The van der Waals surface area contributed by atoms with Crippen LogP contribution >= 0.6 is 0 Å². The van der Waals surface area contributed by atoms with Gasteiger partial charge in [-0.3, -0.25) is 14.4 Å². The lowest BCUT2D eigenvalue weighted by molar-refractivity contribution is -0.119. The molecule has 1 fully saturated rings. The molecule has 2 aliphatic heterocycles. The number of amides is 2. The Morgan fingerprint density at radius 1 is 1.32 bits per heavy atom. The number of hydrogen-bond donors (Lipinski definition) is 1. The highest BCUT2D eigenvalue weighted by Crippen LogP contribution is 2.35. The van der Waals surface area contributed by atoms with Gasteiger partial charge < -0.3 is 15.0 Å². The number of halogens is 2. The highest BCUT2D eigenvalue weighted by molar-refractivity contribution is 5.90. The van der Waals surface area contributed by atoms with E-state index in [-0.39, 0.29) is 30.4 Å². The molecular weight excluding hydrogens is 372 g/mol. The summed E-state index contributed by atoms with van der Waals surface area (Å²) in [4.78, 5) is 25.8. The van der Waals surface area contributed by atoms with E-state index in [0.717, 1.165) is 28.3 Å². The maximum absolute atomic E-state index is 14.8. The largest absolute Gasteiger partial charge is 0.442 e. The number of fused-ring (bicyclic) bond motifs is 1. The molecule has 148 valence electrons. The minimum Gasteiger partial charge on any atom is -0.442 e. The summed E-state index contributed by atoms with van der Waals surface area (Å²) in [5, 5.41) is 6.84. The number of aromatic nitrogens is 2. The number of rotatable bonds is 4. The molecule has 1 N–H and O–H groups in total. The Labute approximate surface area is 159 Å². The van der Waals surface area contributed by atoms with Gasteiger partial charge in [0.1, 0.15) is 11.8 Å². The highest BCUT2D eigenvalue weighted by atomic mass is 19.1. The molecule has 0 bridgehead atoms. The fraction of sp³-hybridized carbons (Fsp3) is 0.389. The van der Waals surface area contributed by atoms with Gasteiger partial charge in [0.25, 0.3) is 0 Å². The average molecular weight is 391 g/mol. The molecule has 0 saturated carbocycles. The van der Waals surface area contributed by atoms with Gasteiger partial charge in [-0.05, 0) is 0 Å². The zero-order chi connectivity index (χ0) is 20.0. The Morgan fingerprint density at radius 3 is 2.68 bits per heavy atom. The third kappa shape index (κ3) is 3.25. The second-order valence-electron chi connectivity index (χ2n) is 6.94. The Kier molecular flexibility index (Phi) is 4.40. The lowest BCUT2D eigenvalue weighted by Gasteiger charge is -2.21. The number of carbonyl (C=O) groups is 2. The van der Waals surface area contributed by atoms with Crippen molar-refractivity contribution in [2.24, 2.45) is 7.05 Å². The number of ether oxygens (including phenoxy) is 1. The molecule has 3 heterocycles. The maximum Gasteiger partial charge on any atom is 0.414 e. The molecule has 28 heavy (non-hydrogen) atoms. The van der Waals surface area contributed by atoms with Gasteiger partial charge in [0, 0.05) is 44.4 Å². The molecule has 1 saturated heterocycles. The van der Waals surface area contributed by atoms with Gasteiger partial charge in [-0.25, -0.2) is 13.6 Å². The number of cyclic esters (lactones) is 1. The molecule has 1 aromatic heterocycles. The standard InChI is InChI=1S/C18H19F2N5O3/c1-10(26)21-5-13-8-25(18(27)28-13)12-3-14(19)17(15(20)4-12)24-7-11-6-23(2)22-16(11)9-24/h3-4,6,13H,5,7-9H2,1-2H3,(H,21,26)/t13-/m0/s1. The SMILES string of the molecule is CC(=O)NC[C@H]1CN(c2cc(F)c(N3Cc4cn(C)nc4C3)c(F)c2)C(=O)O1. The average Bonchev–Trinajstić information content (AvgIpc) is 3.25. The minimum atomic E-state index is -0.761. The van der Waals surface area contributed by atoms with E-state index >= 15 is 0 Å². The summed E-state index contributed by atoms with van der Waals surface area (Å²) < 4.78 is 36.3. The van der Waals surface area contributed by atoms with Crippen molar-refractivity contribution in [2.45, 2.75) is 26.1 Å². The first-order valence-corrected chi connectivity index (χ1v) is 8.80. The molecule has 2 aromatic rings. The topological polar surface area (TPSA) is 79.7 Å². The van der Waals surface area contributed by atoms with Crippen LogP contribution in [0.2, 0.25) is 0 Å². The first kappa shape index (κ1) is 18.2. The van der Waals surface area contributed by atoms with Crippen LogP contribution in [0.4, 0.5) is 25.0 Å². The third-order valence-corrected chi connectivity index (χ3v) is 4.78. The number of benzene rings is 1. The van der Waals surface area contributed by atoms with E-state index in [1.807, 2.05) is 6.20 Å². The number of carbonyl (C=O) groups excluding carboxylic acids is 2. The monoisotopic (exact) mass is 391 g/mol. The van der Waals surface area contributed by atoms with Gasteiger partial charge in [0.2, 0.25) is 5.91 Å². The Morgan fingerprint density at radius 2 is 2.04 bits per heavy atom. The number of aryl methyl sites for hydroxylation is 1. The van der Waals surface area contributed by atoms with Gasteiger partial charge in [-0.1, -0.05) is 0 Å². The van der Waals surface area contributed by atoms with Crippen molar-refractivity contribution in [3.63, 3.8) is 0 Å². The first-order chi connectivity index (χ1) is 13.3. The lowest BCUT2D eigenvalue weighted by atomic mass is 10.2. The van der Waals surface area contributed by atoms with Crippen molar-refractivity contribution in [1.29, 1.82) is 0 Å². The quantitative estimate of drug-likeness (QED) is 0.858. The molecule has 2 amide bonds. The van der Waals surface area contributed by atoms with Crippen molar-refractivity contribution in [3.05, 3.63) is 41.2 Å². The van der Waals surface area contributed by atoms with Gasteiger partial charge >= 0.3 is 6.09 Å². The van der Waals surface area contributed by atoms with Crippen LogP contribution in [-0.4, -0.2) is 41.0 Å². The second kappa shape index (κ2) is 6.77. The van der Waals surface area contributed by atoms with E-state index in [9.17, 15) is 18.4 Å². The number of nitrogens with one attached hydrogen (secondary N) is 1. The molecule has 0 aliphatic carbocycles. The van der Waals surface area contributed by atoms with E-state index in [1.54, 1.807) is 16.6 Å². The number of nitrogens with zero attached hydrogens (tertiary/aromatic N) is 4. The van der Waals surface area contributed by atoms with Crippen LogP contribution in [0.25, 0.3) is 0 Å². The van der Waals surface area contributed by atoms with Crippen LogP contribution < -0.4 is 15.1 Å². The third-order valence-electron chi connectivity index (χ3n) is 4.78. The van der Waals surface area contributed by atoms with E-state index < -0.39 is 23.8 Å². The molecule has 8 nitrogen and oxygen atoms in total. The molecule has 4 rings (SSSR count). The fourth-order valence-corrected chi connectivity index (χ4v) is 3.56. The lowest BCUT2D eigenvalue weighted by Crippen LogP contribution is -2.33. The molecular formula is C18H19F2N5O3. The van der Waals surface area contributed by atoms with Gasteiger partial charge in [0.05, 0.1) is 31.0 Å². The van der Waals surface area contributed by atoms with Gasteiger partial charge in [-0.2, -0.15) is 5.10 Å².